The highest BCUT2D eigenvalue weighted by Crippen LogP contribution is 2.21. The SMILES string of the molecule is CCN1CCN(C(=O)NCc2ccc(S(=O)(=O)NC)s2)CC1. The lowest BCUT2D eigenvalue weighted by molar-refractivity contribution is 0.143. The van der Waals surface area contributed by atoms with Crippen LogP contribution in [0.2, 0.25) is 0 Å². The summed E-state index contributed by atoms with van der Waals surface area (Å²) in [6.45, 7) is 6.71. The molecule has 2 N–H and O–H groups in total. The number of thiophene rings is 1. The van der Waals surface area contributed by atoms with Gasteiger partial charge in [0.2, 0.25) is 10.0 Å². The minimum atomic E-state index is -3.41. The van der Waals surface area contributed by atoms with Crippen LogP contribution in [0.3, 0.4) is 0 Å². The molecular weight excluding hydrogens is 324 g/mol. The Morgan fingerprint density at radius 3 is 2.55 bits per heavy atom. The largest absolute Gasteiger partial charge is 0.333 e. The van der Waals surface area contributed by atoms with E-state index < -0.39 is 10.0 Å². The van der Waals surface area contributed by atoms with Crippen molar-refractivity contribution >= 4 is 27.4 Å². The molecule has 0 saturated carbocycles. The molecule has 7 nitrogen and oxygen atoms in total. The summed E-state index contributed by atoms with van der Waals surface area (Å²) >= 11 is 1.17. The molecule has 2 heterocycles. The summed E-state index contributed by atoms with van der Waals surface area (Å²) < 4.78 is 25.9. The molecule has 1 aliphatic rings. The van der Waals surface area contributed by atoms with Crippen LogP contribution in [0, 0.1) is 0 Å². The summed E-state index contributed by atoms with van der Waals surface area (Å²) in [7, 11) is -2.02. The number of nitrogens with one attached hydrogen (secondary N) is 2. The van der Waals surface area contributed by atoms with Crippen LogP contribution in [0.5, 0.6) is 0 Å². The Morgan fingerprint density at radius 1 is 1.27 bits per heavy atom. The third-order valence-corrected chi connectivity index (χ3v) is 6.68. The van der Waals surface area contributed by atoms with Gasteiger partial charge in [-0.2, -0.15) is 0 Å². The van der Waals surface area contributed by atoms with Gasteiger partial charge in [0.25, 0.3) is 0 Å². The summed E-state index contributed by atoms with van der Waals surface area (Å²) in [5, 5.41) is 2.85. The standard InChI is InChI=1S/C13H22N4O3S2/c1-3-16-6-8-17(9-7-16)13(18)15-10-11-4-5-12(21-11)22(19,20)14-2/h4-5,14H,3,6-10H2,1-2H3,(H,15,18). The van der Waals surface area contributed by atoms with Crippen LogP contribution in [-0.4, -0.2) is 64.0 Å². The molecule has 0 aromatic carbocycles. The maximum Gasteiger partial charge on any atom is 0.317 e. The second-order valence-corrected chi connectivity index (χ2v) is 8.29. The first-order chi connectivity index (χ1) is 10.5. The normalized spacial score (nSPS) is 16.7. The van der Waals surface area contributed by atoms with Gasteiger partial charge in [-0.1, -0.05) is 6.92 Å². The van der Waals surface area contributed by atoms with Gasteiger partial charge in [0.1, 0.15) is 4.21 Å². The fourth-order valence-corrected chi connectivity index (χ4v) is 4.37. The van der Waals surface area contributed by atoms with Crippen LogP contribution in [0.15, 0.2) is 16.3 Å². The zero-order valence-electron chi connectivity index (χ0n) is 12.8. The Bertz CT molecular complexity index is 607. The monoisotopic (exact) mass is 346 g/mol. The third kappa shape index (κ3) is 4.19. The molecule has 0 bridgehead atoms. The molecule has 0 aliphatic carbocycles. The molecule has 0 spiro atoms. The first kappa shape index (κ1) is 17.2. The minimum Gasteiger partial charge on any atom is -0.333 e. The number of urea groups is 1. The van der Waals surface area contributed by atoms with Gasteiger partial charge in [0.15, 0.2) is 0 Å². The van der Waals surface area contributed by atoms with E-state index in [1.54, 1.807) is 17.0 Å². The predicted molar refractivity (Wildman–Crippen MR) is 86.5 cm³/mol. The van der Waals surface area contributed by atoms with Crippen molar-refractivity contribution in [3.8, 4) is 0 Å². The number of hydrogen-bond donors (Lipinski definition) is 2. The lowest BCUT2D eigenvalue weighted by atomic mass is 10.3. The predicted octanol–water partition coefficient (Wildman–Crippen LogP) is 0.503. The van der Waals surface area contributed by atoms with Crippen molar-refractivity contribution in [2.24, 2.45) is 0 Å². The molecule has 1 fully saturated rings. The van der Waals surface area contributed by atoms with Crippen molar-refractivity contribution in [2.45, 2.75) is 17.7 Å². The minimum absolute atomic E-state index is 0.0952. The third-order valence-electron chi connectivity index (χ3n) is 3.69. The Morgan fingerprint density at radius 2 is 1.95 bits per heavy atom. The number of carbonyl (C=O) groups is 1. The average Bonchev–Trinajstić information content (AvgIpc) is 3.02. The highest BCUT2D eigenvalue weighted by Gasteiger charge is 2.20. The van der Waals surface area contributed by atoms with E-state index in [0.717, 1.165) is 37.6 Å². The van der Waals surface area contributed by atoms with Gasteiger partial charge < -0.3 is 15.1 Å². The number of carbonyl (C=O) groups excluding carboxylic acids is 1. The molecule has 2 rings (SSSR count). The summed E-state index contributed by atoms with van der Waals surface area (Å²) in [6, 6.07) is 3.18. The van der Waals surface area contributed by atoms with Crippen LogP contribution in [0.4, 0.5) is 4.79 Å². The van der Waals surface area contributed by atoms with Crippen molar-refractivity contribution in [1.82, 2.24) is 19.8 Å². The molecule has 1 aromatic heterocycles. The summed E-state index contributed by atoms with van der Waals surface area (Å²) in [6.07, 6.45) is 0. The van der Waals surface area contributed by atoms with Crippen molar-refractivity contribution in [3.05, 3.63) is 17.0 Å². The van der Waals surface area contributed by atoms with E-state index in [2.05, 4.69) is 21.9 Å². The van der Waals surface area contributed by atoms with E-state index in [1.165, 1.54) is 18.4 Å². The smallest absolute Gasteiger partial charge is 0.317 e. The quantitative estimate of drug-likeness (QED) is 0.814. The van der Waals surface area contributed by atoms with E-state index in [0.29, 0.717) is 6.54 Å². The molecule has 1 aliphatic heterocycles. The zero-order valence-corrected chi connectivity index (χ0v) is 14.5. The second-order valence-electron chi connectivity index (χ2n) is 5.01. The number of nitrogens with zero attached hydrogens (tertiary/aromatic N) is 2. The maximum absolute atomic E-state index is 12.1. The molecule has 1 saturated heterocycles. The highest BCUT2D eigenvalue weighted by atomic mass is 32.2. The molecule has 9 heteroatoms. The van der Waals surface area contributed by atoms with E-state index in [4.69, 9.17) is 0 Å². The zero-order chi connectivity index (χ0) is 16.2. The number of amides is 2. The Kier molecular flexibility index (Phi) is 5.79. The number of likely N-dealkylation sites (N-methyl/N-ethyl adjacent to an activating group) is 1. The fraction of sp³-hybridized carbons (Fsp3) is 0.615. The topological polar surface area (TPSA) is 81.8 Å². The van der Waals surface area contributed by atoms with Gasteiger partial charge in [-0.25, -0.2) is 17.9 Å². The summed E-state index contributed by atoms with van der Waals surface area (Å²) in [5.41, 5.74) is 0. The van der Waals surface area contributed by atoms with Gasteiger partial charge >= 0.3 is 6.03 Å². The van der Waals surface area contributed by atoms with Crippen molar-refractivity contribution in [1.29, 1.82) is 0 Å². The number of piperazine rings is 1. The first-order valence-corrected chi connectivity index (χ1v) is 9.53. The summed E-state index contributed by atoms with van der Waals surface area (Å²) in [4.78, 5) is 17.0. The molecule has 124 valence electrons. The van der Waals surface area contributed by atoms with E-state index in [-0.39, 0.29) is 10.2 Å². The Hall–Kier alpha value is -1.16. The fourth-order valence-electron chi connectivity index (χ4n) is 2.24. The molecule has 0 unspecified atom stereocenters. The number of rotatable bonds is 5. The van der Waals surface area contributed by atoms with Gasteiger partial charge in [0, 0.05) is 31.1 Å². The lowest BCUT2D eigenvalue weighted by Gasteiger charge is -2.33. The molecular formula is C13H22N4O3S2. The van der Waals surface area contributed by atoms with E-state index in [9.17, 15) is 13.2 Å². The van der Waals surface area contributed by atoms with Crippen LogP contribution < -0.4 is 10.0 Å². The molecule has 22 heavy (non-hydrogen) atoms. The second kappa shape index (κ2) is 7.40. The average molecular weight is 346 g/mol. The van der Waals surface area contributed by atoms with Crippen molar-refractivity contribution < 1.29 is 13.2 Å². The highest BCUT2D eigenvalue weighted by molar-refractivity contribution is 7.91. The Labute approximate surface area is 135 Å². The molecule has 2 amide bonds. The van der Waals surface area contributed by atoms with Crippen molar-refractivity contribution in [3.63, 3.8) is 0 Å². The van der Waals surface area contributed by atoms with Crippen LogP contribution in [0.25, 0.3) is 0 Å². The maximum atomic E-state index is 12.1. The van der Waals surface area contributed by atoms with Gasteiger partial charge in [-0.3, -0.25) is 0 Å². The van der Waals surface area contributed by atoms with Gasteiger partial charge in [-0.05, 0) is 25.7 Å². The van der Waals surface area contributed by atoms with Crippen LogP contribution >= 0.6 is 11.3 Å². The number of sulfonamides is 1. The molecule has 0 radical (unpaired) electrons. The lowest BCUT2D eigenvalue weighted by Crippen LogP contribution is -2.51. The molecule has 1 aromatic rings. The Balaban J connectivity index is 1.84. The summed E-state index contributed by atoms with van der Waals surface area (Å²) in [5.74, 6) is 0. The van der Waals surface area contributed by atoms with E-state index >= 15 is 0 Å². The number of hydrogen-bond acceptors (Lipinski definition) is 5. The van der Waals surface area contributed by atoms with Gasteiger partial charge in [0.05, 0.1) is 6.54 Å². The van der Waals surface area contributed by atoms with Crippen LogP contribution in [0.1, 0.15) is 11.8 Å². The van der Waals surface area contributed by atoms with Crippen LogP contribution in [-0.2, 0) is 16.6 Å². The van der Waals surface area contributed by atoms with Gasteiger partial charge in [-0.15, -0.1) is 11.3 Å². The van der Waals surface area contributed by atoms with Crippen molar-refractivity contribution in [2.75, 3.05) is 39.8 Å². The van der Waals surface area contributed by atoms with E-state index in [1.807, 2.05) is 0 Å². The molecule has 0 atom stereocenters. The first-order valence-electron chi connectivity index (χ1n) is 7.23.